The van der Waals surface area contributed by atoms with Gasteiger partial charge in [-0.05, 0) is 49.2 Å². The summed E-state index contributed by atoms with van der Waals surface area (Å²) in [5.41, 5.74) is 1.72. The molecule has 2 aromatic carbocycles. The first-order valence-electron chi connectivity index (χ1n) is 9.31. The van der Waals surface area contributed by atoms with E-state index in [4.69, 9.17) is 0 Å². The fourth-order valence-electron chi connectivity index (χ4n) is 3.43. The maximum absolute atomic E-state index is 12.7. The quantitative estimate of drug-likeness (QED) is 0.731. The van der Waals surface area contributed by atoms with E-state index in [1.54, 1.807) is 24.4 Å². The van der Waals surface area contributed by atoms with Crippen LogP contribution in [-0.4, -0.2) is 36.7 Å². The van der Waals surface area contributed by atoms with Gasteiger partial charge in [-0.1, -0.05) is 24.6 Å². The highest BCUT2D eigenvalue weighted by Gasteiger charge is 2.26. The first-order chi connectivity index (χ1) is 13.6. The number of sulfonamides is 1. The molecule has 0 atom stereocenters. The summed E-state index contributed by atoms with van der Waals surface area (Å²) in [5.74, 6) is -0.305. The number of rotatable bonds is 4. The van der Waals surface area contributed by atoms with Crippen LogP contribution in [0.3, 0.4) is 0 Å². The number of nitrogens with zero attached hydrogens (tertiary/aromatic N) is 2. The Hall–Kier alpha value is -2.77. The second-order valence-electron chi connectivity index (χ2n) is 6.82. The van der Waals surface area contributed by atoms with Crippen LogP contribution in [0.4, 0.5) is 5.69 Å². The number of amides is 1. The molecule has 144 valence electrons. The molecule has 28 heavy (non-hydrogen) atoms. The van der Waals surface area contributed by atoms with E-state index in [0.29, 0.717) is 29.9 Å². The molecule has 6 nitrogen and oxygen atoms in total. The predicted molar refractivity (Wildman–Crippen MR) is 109 cm³/mol. The van der Waals surface area contributed by atoms with Crippen molar-refractivity contribution in [2.75, 3.05) is 18.4 Å². The average molecular weight is 395 g/mol. The highest BCUT2D eigenvalue weighted by Crippen LogP contribution is 2.23. The van der Waals surface area contributed by atoms with E-state index in [2.05, 4.69) is 10.3 Å². The van der Waals surface area contributed by atoms with Crippen LogP contribution in [0.5, 0.6) is 0 Å². The predicted octanol–water partition coefficient (Wildman–Crippen LogP) is 3.66. The van der Waals surface area contributed by atoms with Crippen molar-refractivity contribution in [2.24, 2.45) is 0 Å². The summed E-state index contributed by atoms with van der Waals surface area (Å²) in [6.45, 7) is 1.11. The van der Waals surface area contributed by atoms with Gasteiger partial charge < -0.3 is 5.32 Å². The van der Waals surface area contributed by atoms with Gasteiger partial charge in [0.1, 0.15) is 0 Å². The Bertz CT molecular complexity index is 1100. The summed E-state index contributed by atoms with van der Waals surface area (Å²) in [6.07, 6.45) is 4.52. The van der Waals surface area contributed by atoms with Crippen LogP contribution in [-0.2, 0) is 10.0 Å². The third-order valence-electron chi connectivity index (χ3n) is 4.95. The highest BCUT2D eigenvalue weighted by atomic mass is 32.2. The lowest BCUT2D eigenvalue weighted by molar-refractivity contribution is 0.102. The van der Waals surface area contributed by atoms with E-state index in [1.807, 2.05) is 24.3 Å². The van der Waals surface area contributed by atoms with Crippen molar-refractivity contribution in [3.05, 3.63) is 66.4 Å². The number of piperidine rings is 1. The first-order valence-corrected chi connectivity index (χ1v) is 10.7. The van der Waals surface area contributed by atoms with Gasteiger partial charge in [-0.3, -0.25) is 9.78 Å². The topological polar surface area (TPSA) is 79.4 Å². The van der Waals surface area contributed by atoms with Crippen molar-refractivity contribution in [3.63, 3.8) is 0 Å². The largest absolute Gasteiger partial charge is 0.320 e. The molecule has 0 bridgehead atoms. The van der Waals surface area contributed by atoms with E-state index >= 15 is 0 Å². The van der Waals surface area contributed by atoms with Crippen LogP contribution in [0, 0.1) is 0 Å². The smallest absolute Gasteiger partial charge is 0.255 e. The standard InChI is InChI=1S/C21H21N3O3S/c25-21(23-19-8-4-6-16-7-5-13-22-20(16)19)17-9-11-18(12-10-17)28(26,27)24-14-2-1-3-15-24/h4-13H,1-3,14-15H2,(H,23,25). The highest BCUT2D eigenvalue weighted by molar-refractivity contribution is 7.89. The van der Waals surface area contributed by atoms with Gasteiger partial charge in [0.05, 0.1) is 16.1 Å². The minimum Gasteiger partial charge on any atom is -0.320 e. The zero-order chi connectivity index (χ0) is 19.6. The molecule has 1 aliphatic heterocycles. The van der Waals surface area contributed by atoms with Gasteiger partial charge in [-0.25, -0.2) is 8.42 Å². The number of hydrogen-bond acceptors (Lipinski definition) is 4. The summed E-state index contributed by atoms with van der Waals surface area (Å²) in [7, 11) is -3.50. The number of para-hydroxylation sites is 1. The van der Waals surface area contributed by atoms with Gasteiger partial charge in [0.25, 0.3) is 5.91 Å². The van der Waals surface area contributed by atoms with Crippen LogP contribution >= 0.6 is 0 Å². The molecule has 7 heteroatoms. The van der Waals surface area contributed by atoms with Crippen molar-refractivity contribution in [1.29, 1.82) is 0 Å². The van der Waals surface area contributed by atoms with Crippen LogP contribution < -0.4 is 5.32 Å². The maximum Gasteiger partial charge on any atom is 0.255 e. The van der Waals surface area contributed by atoms with Crippen molar-refractivity contribution in [2.45, 2.75) is 24.2 Å². The first kappa shape index (κ1) is 18.6. The van der Waals surface area contributed by atoms with Crippen LogP contribution in [0.1, 0.15) is 29.6 Å². The molecule has 4 rings (SSSR count). The molecular formula is C21H21N3O3S. The number of carbonyl (C=O) groups is 1. The number of fused-ring (bicyclic) bond motifs is 1. The molecule has 0 spiro atoms. The molecule has 2 heterocycles. The number of nitrogens with one attached hydrogen (secondary N) is 1. The molecule has 3 aromatic rings. The number of carbonyl (C=O) groups excluding carboxylic acids is 1. The lowest BCUT2D eigenvalue weighted by Crippen LogP contribution is -2.35. The third kappa shape index (κ3) is 3.63. The van der Waals surface area contributed by atoms with E-state index < -0.39 is 10.0 Å². The molecule has 1 aliphatic rings. The lowest BCUT2D eigenvalue weighted by Gasteiger charge is -2.25. The van der Waals surface area contributed by atoms with Gasteiger partial charge in [-0.2, -0.15) is 4.31 Å². The van der Waals surface area contributed by atoms with Gasteiger partial charge in [-0.15, -0.1) is 0 Å². The molecular weight excluding hydrogens is 374 g/mol. The Morgan fingerprint density at radius 2 is 1.64 bits per heavy atom. The molecule has 1 saturated heterocycles. The Labute approximate surface area is 164 Å². The van der Waals surface area contributed by atoms with Crippen LogP contribution in [0.2, 0.25) is 0 Å². The average Bonchev–Trinajstić information content (AvgIpc) is 2.75. The third-order valence-corrected chi connectivity index (χ3v) is 6.86. The zero-order valence-electron chi connectivity index (χ0n) is 15.3. The lowest BCUT2D eigenvalue weighted by atomic mass is 10.1. The van der Waals surface area contributed by atoms with Crippen LogP contribution in [0.25, 0.3) is 10.9 Å². The zero-order valence-corrected chi connectivity index (χ0v) is 16.2. The summed E-state index contributed by atoms with van der Waals surface area (Å²) < 4.78 is 27.0. The SMILES string of the molecule is O=C(Nc1cccc2cccnc12)c1ccc(S(=O)(=O)N2CCCCC2)cc1. The minimum atomic E-state index is -3.50. The summed E-state index contributed by atoms with van der Waals surface area (Å²) in [5, 5.41) is 3.80. The number of pyridine rings is 1. The molecule has 1 aromatic heterocycles. The van der Waals surface area contributed by atoms with Crippen molar-refractivity contribution < 1.29 is 13.2 Å². The molecule has 1 fully saturated rings. The molecule has 1 N–H and O–H groups in total. The second-order valence-corrected chi connectivity index (χ2v) is 8.76. The molecule has 0 unspecified atom stereocenters. The Morgan fingerprint density at radius 1 is 0.929 bits per heavy atom. The number of anilines is 1. The Morgan fingerprint density at radius 3 is 2.39 bits per heavy atom. The second kappa shape index (κ2) is 7.69. The number of aromatic nitrogens is 1. The van der Waals surface area contributed by atoms with Gasteiger partial charge >= 0.3 is 0 Å². The molecule has 0 saturated carbocycles. The van der Waals surface area contributed by atoms with Crippen LogP contribution in [0.15, 0.2) is 65.7 Å². The van der Waals surface area contributed by atoms with Crippen molar-refractivity contribution in [3.8, 4) is 0 Å². The summed E-state index contributed by atoms with van der Waals surface area (Å²) in [6, 6.07) is 15.4. The molecule has 0 aliphatic carbocycles. The van der Waals surface area contributed by atoms with Gasteiger partial charge in [0, 0.05) is 30.2 Å². The molecule has 1 amide bonds. The monoisotopic (exact) mass is 395 g/mol. The minimum absolute atomic E-state index is 0.220. The Kier molecular flexibility index (Phi) is 5.11. The summed E-state index contributed by atoms with van der Waals surface area (Å²) >= 11 is 0. The Balaban J connectivity index is 1.54. The van der Waals surface area contributed by atoms with E-state index in [-0.39, 0.29) is 10.8 Å². The van der Waals surface area contributed by atoms with Crippen molar-refractivity contribution >= 4 is 32.5 Å². The molecule has 0 radical (unpaired) electrons. The van der Waals surface area contributed by atoms with E-state index in [0.717, 1.165) is 24.6 Å². The number of hydrogen-bond donors (Lipinski definition) is 1. The number of benzene rings is 2. The fourth-order valence-corrected chi connectivity index (χ4v) is 4.95. The van der Waals surface area contributed by atoms with Crippen molar-refractivity contribution in [1.82, 2.24) is 9.29 Å². The van der Waals surface area contributed by atoms with Gasteiger partial charge in [0.2, 0.25) is 10.0 Å². The maximum atomic E-state index is 12.7. The van der Waals surface area contributed by atoms with E-state index in [1.165, 1.54) is 16.4 Å². The van der Waals surface area contributed by atoms with Gasteiger partial charge in [0.15, 0.2) is 0 Å². The fraction of sp³-hybridized carbons (Fsp3) is 0.238. The van der Waals surface area contributed by atoms with E-state index in [9.17, 15) is 13.2 Å². The summed E-state index contributed by atoms with van der Waals surface area (Å²) in [4.78, 5) is 17.2. The normalized spacial score (nSPS) is 15.4.